The van der Waals surface area contributed by atoms with Crippen LogP contribution in [0.1, 0.15) is 37.0 Å². The number of hydrogen-bond donors (Lipinski definition) is 3. The normalized spacial score (nSPS) is 14.3. The predicted octanol–water partition coefficient (Wildman–Crippen LogP) is 1.24. The fourth-order valence-electron chi connectivity index (χ4n) is 1.90. The van der Waals surface area contributed by atoms with Crippen LogP contribution in [-0.2, 0) is 0 Å². The Morgan fingerprint density at radius 1 is 1.42 bits per heavy atom. The van der Waals surface area contributed by atoms with Gasteiger partial charge >= 0.3 is 0 Å². The van der Waals surface area contributed by atoms with E-state index in [2.05, 4.69) is 20.7 Å². The topological polar surface area (TPSA) is 90.9 Å². The molecule has 0 aliphatic carbocycles. The summed E-state index contributed by atoms with van der Waals surface area (Å²) in [6.45, 7) is 3.96. The molecule has 1 amide bonds. The fourth-order valence-corrected chi connectivity index (χ4v) is 1.90. The van der Waals surface area contributed by atoms with Crippen LogP contribution in [0.5, 0.6) is 0 Å². The van der Waals surface area contributed by atoms with Gasteiger partial charge in [0, 0.05) is 17.7 Å². The van der Waals surface area contributed by atoms with Gasteiger partial charge in [0.25, 0.3) is 5.91 Å². The number of aliphatic hydroxyl groups is 1. The van der Waals surface area contributed by atoms with Gasteiger partial charge in [-0.3, -0.25) is 4.79 Å². The summed E-state index contributed by atoms with van der Waals surface area (Å²) in [6.07, 6.45) is 1.28. The smallest absolute Gasteiger partial charge is 0.251 e. The third-order valence-electron chi connectivity index (χ3n) is 3.44. The molecule has 1 atom stereocenters. The van der Waals surface area contributed by atoms with Gasteiger partial charge in [-0.15, -0.1) is 0 Å². The summed E-state index contributed by atoms with van der Waals surface area (Å²) in [5.41, 5.74) is 1.53. The molecule has 0 bridgehead atoms. The predicted molar refractivity (Wildman–Crippen MR) is 71.8 cm³/mol. The van der Waals surface area contributed by atoms with E-state index in [-0.39, 0.29) is 12.5 Å². The zero-order valence-electron chi connectivity index (χ0n) is 11.1. The number of fused-ring (bicyclic) bond motifs is 1. The Morgan fingerprint density at radius 2 is 2.16 bits per heavy atom. The Kier molecular flexibility index (Phi) is 3.80. The second kappa shape index (κ2) is 5.36. The highest BCUT2D eigenvalue weighted by molar-refractivity contribution is 5.97. The average Bonchev–Trinajstić information content (AvgIpc) is 2.86. The minimum absolute atomic E-state index is 0.0486. The minimum Gasteiger partial charge on any atom is -0.396 e. The average molecular weight is 262 g/mol. The molecule has 0 saturated carbocycles. The van der Waals surface area contributed by atoms with Gasteiger partial charge in [-0.2, -0.15) is 15.4 Å². The molecule has 0 spiro atoms. The lowest BCUT2D eigenvalue weighted by Crippen LogP contribution is -2.46. The summed E-state index contributed by atoms with van der Waals surface area (Å²) in [5, 5.41) is 22.4. The van der Waals surface area contributed by atoms with Gasteiger partial charge in [-0.25, -0.2) is 0 Å². The van der Waals surface area contributed by atoms with Gasteiger partial charge in [0.1, 0.15) is 11.0 Å². The lowest BCUT2D eigenvalue weighted by Gasteiger charge is -2.29. The van der Waals surface area contributed by atoms with Gasteiger partial charge in [0.05, 0.1) is 0 Å². The first kappa shape index (κ1) is 13.5. The maximum atomic E-state index is 12.2. The zero-order valence-corrected chi connectivity index (χ0v) is 11.1. The molecule has 1 aromatic heterocycles. The zero-order chi connectivity index (χ0) is 13.9. The second-order valence-electron chi connectivity index (χ2n) is 4.87. The van der Waals surface area contributed by atoms with E-state index in [0.717, 1.165) is 11.9 Å². The maximum Gasteiger partial charge on any atom is 0.251 e. The van der Waals surface area contributed by atoms with Crippen molar-refractivity contribution in [3.8, 4) is 0 Å². The SMILES string of the molecule is CCC(C)(CCO)NC(=O)c1ccc2n[nH]nc2c1. The quantitative estimate of drug-likeness (QED) is 0.756. The van der Waals surface area contributed by atoms with Crippen LogP contribution in [0.4, 0.5) is 0 Å². The lowest BCUT2D eigenvalue weighted by molar-refractivity contribution is 0.0886. The molecule has 1 heterocycles. The molecule has 1 unspecified atom stereocenters. The van der Waals surface area contributed by atoms with Crippen molar-refractivity contribution in [2.45, 2.75) is 32.2 Å². The first-order valence-electron chi connectivity index (χ1n) is 6.32. The molecule has 3 N–H and O–H groups in total. The van der Waals surface area contributed by atoms with E-state index < -0.39 is 5.54 Å². The third-order valence-corrected chi connectivity index (χ3v) is 3.44. The van der Waals surface area contributed by atoms with Gasteiger partial charge in [0.2, 0.25) is 0 Å². The Labute approximate surface area is 111 Å². The molecular formula is C13H18N4O2. The van der Waals surface area contributed by atoms with E-state index in [1.807, 2.05) is 13.8 Å². The van der Waals surface area contributed by atoms with Crippen molar-refractivity contribution in [1.29, 1.82) is 0 Å². The van der Waals surface area contributed by atoms with Crippen molar-refractivity contribution in [3.05, 3.63) is 23.8 Å². The van der Waals surface area contributed by atoms with Gasteiger partial charge < -0.3 is 10.4 Å². The third kappa shape index (κ3) is 2.90. The number of nitrogens with zero attached hydrogens (tertiary/aromatic N) is 2. The van der Waals surface area contributed by atoms with Crippen molar-refractivity contribution in [3.63, 3.8) is 0 Å². The number of carbonyl (C=O) groups excluding carboxylic acids is 1. The monoisotopic (exact) mass is 262 g/mol. The molecule has 102 valence electrons. The number of aromatic nitrogens is 3. The molecule has 0 aliphatic rings. The summed E-state index contributed by atoms with van der Waals surface area (Å²) in [4.78, 5) is 12.2. The molecule has 0 radical (unpaired) electrons. The van der Waals surface area contributed by atoms with Gasteiger partial charge in [-0.05, 0) is 38.0 Å². The van der Waals surface area contributed by atoms with Crippen LogP contribution in [0, 0.1) is 0 Å². The summed E-state index contributed by atoms with van der Waals surface area (Å²) in [6, 6.07) is 5.17. The van der Waals surface area contributed by atoms with Gasteiger partial charge in [-0.1, -0.05) is 6.92 Å². The van der Waals surface area contributed by atoms with Crippen LogP contribution < -0.4 is 5.32 Å². The fraction of sp³-hybridized carbons (Fsp3) is 0.462. The maximum absolute atomic E-state index is 12.2. The number of hydrogen-bond acceptors (Lipinski definition) is 4. The number of carbonyl (C=O) groups is 1. The molecule has 19 heavy (non-hydrogen) atoms. The number of nitrogens with one attached hydrogen (secondary N) is 2. The lowest BCUT2D eigenvalue weighted by atomic mass is 9.94. The van der Waals surface area contributed by atoms with E-state index in [4.69, 9.17) is 5.11 Å². The van der Waals surface area contributed by atoms with Crippen molar-refractivity contribution < 1.29 is 9.90 Å². The summed E-state index contributed by atoms with van der Waals surface area (Å²) < 4.78 is 0. The van der Waals surface area contributed by atoms with Crippen molar-refractivity contribution in [2.24, 2.45) is 0 Å². The summed E-state index contributed by atoms with van der Waals surface area (Å²) in [5.74, 6) is -0.164. The van der Waals surface area contributed by atoms with Crippen LogP contribution in [-0.4, -0.2) is 38.6 Å². The minimum atomic E-state index is -0.398. The molecule has 6 heteroatoms. The molecule has 0 saturated heterocycles. The second-order valence-corrected chi connectivity index (χ2v) is 4.87. The molecule has 2 aromatic rings. The highest BCUT2D eigenvalue weighted by Gasteiger charge is 2.24. The molecule has 2 rings (SSSR count). The van der Waals surface area contributed by atoms with Crippen LogP contribution >= 0.6 is 0 Å². The largest absolute Gasteiger partial charge is 0.396 e. The van der Waals surface area contributed by atoms with E-state index in [1.165, 1.54) is 0 Å². The molecule has 0 aliphatic heterocycles. The van der Waals surface area contributed by atoms with Crippen molar-refractivity contribution >= 4 is 16.9 Å². The number of aromatic amines is 1. The first-order valence-corrected chi connectivity index (χ1v) is 6.32. The van der Waals surface area contributed by atoms with Crippen LogP contribution in [0.25, 0.3) is 11.0 Å². The number of benzene rings is 1. The van der Waals surface area contributed by atoms with E-state index in [9.17, 15) is 4.79 Å². The van der Waals surface area contributed by atoms with Crippen molar-refractivity contribution in [2.75, 3.05) is 6.61 Å². The van der Waals surface area contributed by atoms with E-state index in [0.29, 0.717) is 17.5 Å². The highest BCUT2D eigenvalue weighted by Crippen LogP contribution is 2.16. The van der Waals surface area contributed by atoms with Crippen LogP contribution in [0.3, 0.4) is 0 Å². The molecule has 1 aromatic carbocycles. The Bertz CT molecular complexity index is 581. The number of amides is 1. The Hall–Kier alpha value is -1.95. The summed E-state index contributed by atoms with van der Waals surface area (Å²) in [7, 11) is 0. The number of aliphatic hydroxyl groups excluding tert-OH is 1. The van der Waals surface area contributed by atoms with Gasteiger partial charge in [0.15, 0.2) is 0 Å². The van der Waals surface area contributed by atoms with Crippen LogP contribution in [0.2, 0.25) is 0 Å². The van der Waals surface area contributed by atoms with E-state index in [1.54, 1.807) is 18.2 Å². The molecular weight excluding hydrogens is 244 g/mol. The van der Waals surface area contributed by atoms with E-state index >= 15 is 0 Å². The highest BCUT2D eigenvalue weighted by atomic mass is 16.3. The number of rotatable bonds is 5. The molecule has 0 fully saturated rings. The van der Waals surface area contributed by atoms with Crippen molar-refractivity contribution in [1.82, 2.24) is 20.7 Å². The Balaban J connectivity index is 2.18. The van der Waals surface area contributed by atoms with Crippen LogP contribution in [0.15, 0.2) is 18.2 Å². The number of H-pyrrole nitrogens is 1. The summed E-state index contributed by atoms with van der Waals surface area (Å²) >= 11 is 0. The first-order chi connectivity index (χ1) is 9.08. The molecule has 6 nitrogen and oxygen atoms in total. The Morgan fingerprint density at radius 3 is 2.84 bits per heavy atom. The standard InChI is InChI=1S/C13H18N4O2/c1-3-13(2,6-7-18)14-12(19)9-4-5-10-11(8-9)16-17-15-10/h4-5,8,18H,3,6-7H2,1-2H3,(H,14,19)(H,15,16,17).